The summed E-state index contributed by atoms with van der Waals surface area (Å²) in [5.41, 5.74) is 0. The standard InChI is InChI=1S/C11H22N2O/c1-9(12-3)11-6-4-5-7-13(8-11)10(2)14/h9,11-12H,4-8H2,1-3H3. The highest BCUT2D eigenvalue weighted by Crippen LogP contribution is 2.19. The highest BCUT2D eigenvalue weighted by molar-refractivity contribution is 5.73. The van der Waals surface area contributed by atoms with E-state index in [1.54, 1.807) is 6.92 Å². The predicted octanol–water partition coefficient (Wildman–Crippen LogP) is 1.24. The molecule has 0 bridgehead atoms. The van der Waals surface area contributed by atoms with E-state index in [1.165, 1.54) is 12.8 Å². The molecule has 2 atom stereocenters. The van der Waals surface area contributed by atoms with E-state index in [9.17, 15) is 4.79 Å². The summed E-state index contributed by atoms with van der Waals surface area (Å²) in [5.74, 6) is 0.839. The second-order valence-corrected chi connectivity index (χ2v) is 4.30. The summed E-state index contributed by atoms with van der Waals surface area (Å²) in [6, 6.07) is 0.509. The van der Waals surface area contributed by atoms with Crippen LogP contribution in [-0.2, 0) is 4.79 Å². The van der Waals surface area contributed by atoms with Gasteiger partial charge in [-0.05, 0) is 32.7 Å². The average molecular weight is 198 g/mol. The van der Waals surface area contributed by atoms with Gasteiger partial charge in [-0.15, -0.1) is 0 Å². The molecule has 1 rings (SSSR count). The lowest BCUT2D eigenvalue weighted by Crippen LogP contribution is -2.40. The molecule has 0 aromatic rings. The van der Waals surface area contributed by atoms with Gasteiger partial charge in [0.25, 0.3) is 0 Å². The number of likely N-dealkylation sites (tertiary alicyclic amines) is 1. The summed E-state index contributed by atoms with van der Waals surface area (Å²) in [5, 5.41) is 3.28. The Morgan fingerprint density at radius 3 is 2.79 bits per heavy atom. The molecule has 3 heteroatoms. The summed E-state index contributed by atoms with van der Waals surface area (Å²) in [7, 11) is 1.99. The van der Waals surface area contributed by atoms with Crippen LogP contribution in [0.25, 0.3) is 0 Å². The van der Waals surface area contributed by atoms with Crippen LogP contribution >= 0.6 is 0 Å². The molecule has 0 aromatic heterocycles. The summed E-state index contributed by atoms with van der Waals surface area (Å²) in [4.78, 5) is 13.3. The normalized spacial score (nSPS) is 25.6. The third kappa shape index (κ3) is 2.98. The topological polar surface area (TPSA) is 32.3 Å². The van der Waals surface area contributed by atoms with Crippen molar-refractivity contribution in [1.29, 1.82) is 0 Å². The molecule has 1 N–H and O–H groups in total. The highest BCUT2D eigenvalue weighted by atomic mass is 16.2. The Hall–Kier alpha value is -0.570. The fourth-order valence-corrected chi connectivity index (χ4v) is 2.10. The molecule has 1 fully saturated rings. The number of nitrogens with zero attached hydrogens (tertiary/aromatic N) is 1. The molecular weight excluding hydrogens is 176 g/mol. The molecule has 0 radical (unpaired) electrons. The van der Waals surface area contributed by atoms with Crippen LogP contribution in [0.3, 0.4) is 0 Å². The number of rotatable bonds is 2. The first kappa shape index (κ1) is 11.5. The van der Waals surface area contributed by atoms with Gasteiger partial charge in [0.1, 0.15) is 0 Å². The zero-order valence-corrected chi connectivity index (χ0v) is 9.55. The summed E-state index contributed by atoms with van der Waals surface area (Å²) < 4.78 is 0. The molecule has 14 heavy (non-hydrogen) atoms. The molecular formula is C11H22N2O. The molecule has 82 valence electrons. The van der Waals surface area contributed by atoms with Gasteiger partial charge in [0.15, 0.2) is 0 Å². The van der Waals surface area contributed by atoms with Crippen molar-refractivity contribution in [2.24, 2.45) is 5.92 Å². The van der Waals surface area contributed by atoms with Gasteiger partial charge < -0.3 is 10.2 Å². The molecule has 1 saturated heterocycles. The van der Waals surface area contributed by atoms with Crippen molar-refractivity contribution in [1.82, 2.24) is 10.2 Å². The van der Waals surface area contributed by atoms with Gasteiger partial charge in [-0.25, -0.2) is 0 Å². The molecule has 2 unspecified atom stereocenters. The van der Waals surface area contributed by atoms with Crippen molar-refractivity contribution in [2.75, 3.05) is 20.1 Å². The van der Waals surface area contributed by atoms with Gasteiger partial charge in [-0.3, -0.25) is 4.79 Å². The Kier molecular flexibility index (Phi) is 4.39. The Balaban J connectivity index is 2.55. The van der Waals surface area contributed by atoms with E-state index in [0.29, 0.717) is 12.0 Å². The monoisotopic (exact) mass is 198 g/mol. The van der Waals surface area contributed by atoms with Crippen molar-refractivity contribution in [3.63, 3.8) is 0 Å². The van der Waals surface area contributed by atoms with Crippen LogP contribution in [0, 0.1) is 5.92 Å². The molecule has 1 heterocycles. The van der Waals surface area contributed by atoms with E-state index in [4.69, 9.17) is 0 Å². The first-order chi connectivity index (χ1) is 6.65. The van der Waals surface area contributed by atoms with Crippen LogP contribution in [0.5, 0.6) is 0 Å². The van der Waals surface area contributed by atoms with E-state index in [2.05, 4.69) is 12.2 Å². The molecule has 0 spiro atoms. The maximum atomic E-state index is 11.3. The number of hydrogen-bond acceptors (Lipinski definition) is 2. The van der Waals surface area contributed by atoms with E-state index in [1.807, 2.05) is 11.9 Å². The lowest BCUT2D eigenvalue weighted by molar-refractivity contribution is -0.129. The van der Waals surface area contributed by atoms with E-state index < -0.39 is 0 Å². The fraction of sp³-hybridized carbons (Fsp3) is 0.909. The van der Waals surface area contributed by atoms with Crippen molar-refractivity contribution >= 4 is 5.91 Å². The minimum atomic E-state index is 0.222. The molecule has 1 aliphatic rings. The van der Waals surface area contributed by atoms with Gasteiger partial charge in [0.05, 0.1) is 0 Å². The van der Waals surface area contributed by atoms with Gasteiger partial charge in [0, 0.05) is 26.1 Å². The second-order valence-electron chi connectivity index (χ2n) is 4.30. The molecule has 3 nitrogen and oxygen atoms in total. The van der Waals surface area contributed by atoms with Gasteiger partial charge in [-0.2, -0.15) is 0 Å². The third-order valence-electron chi connectivity index (χ3n) is 3.32. The van der Waals surface area contributed by atoms with Crippen molar-refractivity contribution < 1.29 is 4.79 Å². The minimum Gasteiger partial charge on any atom is -0.343 e. The van der Waals surface area contributed by atoms with Crippen LogP contribution in [0.15, 0.2) is 0 Å². The highest BCUT2D eigenvalue weighted by Gasteiger charge is 2.23. The van der Waals surface area contributed by atoms with Gasteiger partial charge in [-0.1, -0.05) is 6.42 Å². The fourth-order valence-electron chi connectivity index (χ4n) is 2.10. The van der Waals surface area contributed by atoms with Gasteiger partial charge >= 0.3 is 0 Å². The van der Waals surface area contributed by atoms with Crippen LogP contribution in [0.1, 0.15) is 33.1 Å². The van der Waals surface area contributed by atoms with Crippen LogP contribution in [-0.4, -0.2) is 37.0 Å². The molecule has 0 aliphatic carbocycles. The second kappa shape index (κ2) is 5.35. The first-order valence-corrected chi connectivity index (χ1v) is 5.58. The van der Waals surface area contributed by atoms with Crippen molar-refractivity contribution in [3.05, 3.63) is 0 Å². The molecule has 0 saturated carbocycles. The lowest BCUT2D eigenvalue weighted by Gasteiger charge is -2.27. The SMILES string of the molecule is CNC(C)C1CCCCN(C(C)=O)C1. The number of carbonyl (C=O) groups excluding carboxylic acids is 1. The summed E-state index contributed by atoms with van der Waals surface area (Å²) in [6.45, 7) is 5.75. The van der Waals surface area contributed by atoms with Crippen molar-refractivity contribution in [2.45, 2.75) is 39.2 Å². The maximum absolute atomic E-state index is 11.3. The zero-order chi connectivity index (χ0) is 10.6. The van der Waals surface area contributed by atoms with E-state index in [0.717, 1.165) is 19.5 Å². The Morgan fingerprint density at radius 1 is 1.50 bits per heavy atom. The summed E-state index contributed by atoms with van der Waals surface area (Å²) >= 11 is 0. The quantitative estimate of drug-likeness (QED) is 0.724. The Morgan fingerprint density at radius 2 is 2.21 bits per heavy atom. The Bertz CT molecular complexity index is 194. The first-order valence-electron chi connectivity index (χ1n) is 5.58. The lowest BCUT2D eigenvalue weighted by atomic mass is 9.96. The number of amides is 1. The average Bonchev–Trinajstić information content (AvgIpc) is 2.41. The summed E-state index contributed by atoms with van der Waals surface area (Å²) in [6.07, 6.45) is 3.65. The van der Waals surface area contributed by atoms with Gasteiger partial charge in [0.2, 0.25) is 5.91 Å². The molecule has 1 aliphatic heterocycles. The smallest absolute Gasteiger partial charge is 0.219 e. The van der Waals surface area contributed by atoms with Crippen LogP contribution in [0.2, 0.25) is 0 Å². The zero-order valence-electron chi connectivity index (χ0n) is 9.55. The molecule has 1 amide bonds. The number of carbonyl (C=O) groups is 1. The molecule has 0 aromatic carbocycles. The van der Waals surface area contributed by atoms with Crippen molar-refractivity contribution in [3.8, 4) is 0 Å². The largest absolute Gasteiger partial charge is 0.343 e. The van der Waals surface area contributed by atoms with E-state index in [-0.39, 0.29) is 5.91 Å². The van der Waals surface area contributed by atoms with Crippen LogP contribution < -0.4 is 5.32 Å². The maximum Gasteiger partial charge on any atom is 0.219 e. The minimum absolute atomic E-state index is 0.222. The predicted molar refractivity (Wildman–Crippen MR) is 58.1 cm³/mol. The van der Waals surface area contributed by atoms with Crippen LogP contribution in [0.4, 0.5) is 0 Å². The number of hydrogen-bond donors (Lipinski definition) is 1. The number of nitrogens with one attached hydrogen (secondary N) is 1. The Labute approximate surface area is 86.9 Å². The third-order valence-corrected chi connectivity index (χ3v) is 3.32. The van der Waals surface area contributed by atoms with E-state index >= 15 is 0 Å².